The predicted molar refractivity (Wildman–Crippen MR) is 65.0 cm³/mol. The van der Waals surface area contributed by atoms with Crippen molar-refractivity contribution in [3.05, 3.63) is 23.8 Å². The summed E-state index contributed by atoms with van der Waals surface area (Å²) in [5, 5.41) is 9.73. The molecule has 0 atom stereocenters. The predicted octanol–water partition coefficient (Wildman–Crippen LogP) is 2.14. The highest BCUT2D eigenvalue weighted by molar-refractivity contribution is 5.68. The molecule has 0 aliphatic carbocycles. The van der Waals surface area contributed by atoms with Gasteiger partial charge in [0.2, 0.25) is 0 Å². The highest BCUT2D eigenvalue weighted by atomic mass is 19.2. The van der Waals surface area contributed by atoms with E-state index in [1.54, 1.807) is 20.8 Å². The van der Waals surface area contributed by atoms with Gasteiger partial charge in [0.15, 0.2) is 11.6 Å². The third kappa shape index (κ3) is 3.30. The molecular weight excluding hydrogens is 226 g/mol. The van der Waals surface area contributed by atoms with Gasteiger partial charge in [-0.3, -0.25) is 0 Å². The van der Waals surface area contributed by atoms with Gasteiger partial charge in [0.25, 0.3) is 0 Å². The van der Waals surface area contributed by atoms with Crippen LogP contribution in [0.15, 0.2) is 12.1 Å². The Hall–Kier alpha value is -1.36. The topological polar surface area (TPSA) is 49.5 Å². The van der Waals surface area contributed by atoms with Crippen LogP contribution in [0.5, 0.6) is 0 Å². The number of benzene rings is 1. The van der Waals surface area contributed by atoms with E-state index in [1.807, 2.05) is 0 Å². The summed E-state index contributed by atoms with van der Waals surface area (Å²) >= 11 is 0. The number of rotatable bonds is 4. The first-order chi connectivity index (χ1) is 7.76. The second kappa shape index (κ2) is 4.87. The molecule has 5 heteroatoms. The fourth-order valence-electron chi connectivity index (χ4n) is 1.69. The summed E-state index contributed by atoms with van der Waals surface area (Å²) in [5.41, 5.74) is 4.81. The lowest BCUT2D eigenvalue weighted by molar-refractivity contribution is 0.0874. The fourth-order valence-corrected chi connectivity index (χ4v) is 1.69. The smallest absolute Gasteiger partial charge is 0.184 e. The molecule has 0 aromatic heterocycles. The largest absolute Gasteiger partial charge is 0.397 e. The molecule has 1 rings (SSSR count). The van der Waals surface area contributed by atoms with Crippen molar-refractivity contribution in [2.75, 3.05) is 23.7 Å². The third-order valence-electron chi connectivity index (χ3n) is 2.38. The third-order valence-corrected chi connectivity index (χ3v) is 2.38. The van der Waals surface area contributed by atoms with Crippen molar-refractivity contribution in [2.24, 2.45) is 0 Å². The van der Waals surface area contributed by atoms with Gasteiger partial charge in [0.05, 0.1) is 17.0 Å². The number of anilines is 2. The maximum atomic E-state index is 13.7. The van der Waals surface area contributed by atoms with Crippen LogP contribution in [0.2, 0.25) is 0 Å². The maximum absolute atomic E-state index is 13.7. The Balaban J connectivity index is 3.16. The van der Waals surface area contributed by atoms with Gasteiger partial charge < -0.3 is 15.7 Å². The highest BCUT2D eigenvalue weighted by Crippen LogP contribution is 2.29. The first-order valence-corrected chi connectivity index (χ1v) is 5.47. The standard InChI is InChI=1S/C12H18F2N2O/c1-4-16(7-12(2,3)17)11-9(15)6-5-8(13)10(11)14/h5-6,17H,4,7,15H2,1-3H3. The quantitative estimate of drug-likeness (QED) is 0.798. The van der Waals surface area contributed by atoms with Crippen LogP contribution < -0.4 is 10.6 Å². The molecular formula is C12H18F2N2O. The van der Waals surface area contributed by atoms with Crippen molar-refractivity contribution in [2.45, 2.75) is 26.4 Å². The first kappa shape index (κ1) is 13.7. The van der Waals surface area contributed by atoms with Gasteiger partial charge in [-0.05, 0) is 32.9 Å². The molecule has 1 aromatic carbocycles. The minimum atomic E-state index is -1.01. The Kier molecular flexibility index (Phi) is 3.93. The zero-order valence-electron chi connectivity index (χ0n) is 10.3. The number of nitrogens with two attached hydrogens (primary N) is 1. The van der Waals surface area contributed by atoms with Gasteiger partial charge >= 0.3 is 0 Å². The van der Waals surface area contributed by atoms with E-state index in [4.69, 9.17) is 5.73 Å². The van der Waals surface area contributed by atoms with Crippen LogP contribution >= 0.6 is 0 Å². The second-order valence-corrected chi connectivity index (χ2v) is 4.63. The normalized spacial score (nSPS) is 11.6. The lowest BCUT2D eigenvalue weighted by Crippen LogP contribution is -2.39. The van der Waals surface area contributed by atoms with Crippen LogP contribution in [0.4, 0.5) is 20.2 Å². The number of aliphatic hydroxyl groups is 1. The van der Waals surface area contributed by atoms with E-state index in [1.165, 1.54) is 11.0 Å². The molecule has 0 unspecified atom stereocenters. The van der Waals surface area contributed by atoms with Crippen LogP contribution in [-0.4, -0.2) is 23.8 Å². The monoisotopic (exact) mass is 244 g/mol. The molecule has 0 bridgehead atoms. The molecule has 0 aliphatic rings. The molecule has 0 radical (unpaired) electrons. The maximum Gasteiger partial charge on any atom is 0.184 e. The number of halogens is 2. The molecule has 96 valence electrons. The van der Waals surface area contributed by atoms with Crippen molar-refractivity contribution in [3.63, 3.8) is 0 Å². The number of hydrogen-bond acceptors (Lipinski definition) is 3. The number of nitrogens with zero attached hydrogens (tertiary/aromatic N) is 1. The van der Waals surface area contributed by atoms with Crippen LogP contribution in [0, 0.1) is 11.6 Å². The van der Waals surface area contributed by atoms with Crippen LogP contribution in [0.25, 0.3) is 0 Å². The summed E-state index contributed by atoms with van der Waals surface area (Å²) in [7, 11) is 0. The van der Waals surface area contributed by atoms with E-state index in [9.17, 15) is 13.9 Å². The van der Waals surface area contributed by atoms with Gasteiger partial charge in [-0.25, -0.2) is 8.78 Å². The lowest BCUT2D eigenvalue weighted by atomic mass is 10.1. The Labute approximate surface area is 99.8 Å². The van der Waals surface area contributed by atoms with Crippen LogP contribution in [-0.2, 0) is 0 Å². The summed E-state index contributed by atoms with van der Waals surface area (Å²) in [5.74, 6) is -1.92. The molecule has 3 nitrogen and oxygen atoms in total. The molecule has 0 amide bonds. The van der Waals surface area contributed by atoms with E-state index in [-0.39, 0.29) is 17.9 Å². The van der Waals surface area contributed by atoms with E-state index in [0.29, 0.717) is 6.54 Å². The molecule has 3 N–H and O–H groups in total. The molecule has 17 heavy (non-hydrogen) atoms. The molecule has 0 heterocycles. The van der Waals surface area contributed by atoms with Crippen LogP contribution in [0.3, 0.4) is 0 Å². The summed E-state index contributed by atoms with van der Waals surface area (Å²) < 4.78 is 26.9. The molecule has 0 saturated carbocycles. The average Bonchev–Trinajstić information content (AvgIpc) is 2.21. The van der Waals surface area contributed by atoms with Crippen LogP contribution in [0.1, 0.15) is 20.8 Å². The first-order valence-electron chi connectivity index (χ1n) is 5.47. The van der Waals surface area contributed by atoms with Gasteiger partial charge in [0.1, 0.15) is 0 Å². The van der Waals surface area contributed by atoms with Gasteiger partial charge in [-0.15, -0.1) is 0 Å². The number of hydrogen-bond donors (Lipinski definition) is 2. The summed E-state index contributed by atoms with van der Waals surface area (Å²) in [4.78, 5) is 1.52. The van der Waals surface area contributed by atoms with E-state index in [2.05, 4.69) is 0 Å². The van der Waals surface area contributed by atoms with Crippen molar-refractivity contribution in [3.8, 4) is 0 Å². The summed E-state index contributed by atoms with van der Waals surface area (Å²) in [6.45, 7) is 5.59. The summed E-state index contributed by atoms with van der Waals surface area (Å²) in [6, 6.07) is 2.31. The zero-order chi connectivity index (χ0) is 13.2. The minimum Gasteiger partial charge on any atom is -0.397 e. The second-order valence-electron chi connectivity index (χ2n) is 4.63. The Morgan fingerprint density at radius 3 is 2.41 bits per heavy atom. The van der Waals surface area contributed by atoms with Crippen molar-refractivity contribution in [1.29, 1.82) is 0 Å². The van der Waals surface area contributed by atoms with E-state index in [0.717, 1.165) is 6.07 Å². The fraction of sp³-hybridized carbons (Fsp3) is 0.500. The van der Waals surface area contributed by atoms with E-state index >= 15 is 0 Å². The Bertz CT molecular complexity index is 402. The van der Waals surface area contributed by atoms with Gasteiger partial charge in [-0.2, -0.15) is 0 Å². The van der Waals surface area contributed by atoms with E-state index < -0.39 is 17.2 Å². The molecule has 0 saturated heterocycles. The molecule has 1 aromatic rings. The molecule has 0 spiro atoms. The zero-order valence-corrected chi connectivity index (χ0v) is 10.3. The number of likely N-dealkylation sites (N-methyl/N-ethyl adjacent to an activating group) is 1. The van der Waals surface area contributed by atoms with Crippen molar-refractivity contribution in [1.82, 2.24) is 0 Å². The van der Waals surface area contributed by atoms with Crippen molar-refractivity contribution >= 4 is 11.4 Å². The SMILES string of the molecule is CCN(CC(C)(C)O)c1c(N)ccc(F)c1F. The average molecular weight is 244 g/mol. The summed E-state index contributed by atoms with van der Waals surface area (Å²) in [6.07, 6.45) is 0. The minimum absolute atomic E-state index is 0.00891. The van der Waals surface area contributed by atoms with Gasteiger partial charge in [0, 0.05) is 13.1 Å². The Morgan fingerprint density at radius 1 is 1.35 bits per heavy atom. The molecule has 0 fully saturated rings. The van der Waals surface area contributed by atoms with Crippen molar-refractivity contribution < 1.29 is 13.9 Å². The molecule has 0 aliphatic heterocycles. The highest BCUT2D eigenvalue weighted by Gasteiger charge is 2.23. The number of nitrogen functional groups attached to an aromatic ring is 1. The van der Waals surface area contributed by atoms with Gasteiger partial charge in [-0.1, -0.05) is 0 Å². The lowest BCUT2D eigenvalue weighted by Gasteiger charge is -2.31. The Morgan fingerprint density at radius 2 is 1.94 bits per heavy atom.